The zero-order valence-electron chi connectivity index (χ0n) is 13.4. The summed E-state index contributed by atoms with van der Waals surface area (Å²) in [7, 11) is 0. The van der Waals surface area contributed by atoms with E-state index in [0.29, 0.717) is 23.7 Å². The van der Waals surface area contributed by atoms with Crippen LogP contribution in [0.15, 0.2) is 23.1 Å². The Balaban J connectivity index is 2.24. The maximum absolute atomic E-state index is 12.1. The number of hydrogen-bond donors (Lipinski definition) is 2. The number of aromatic amines is 1. The maximum atomic E-state index is 12.1. The Morgan fingerprint density at radius 1 is 1.41 bits per heavy atom. The highest BCUT2D eigenvalue weighted by Crippen LogP contribution is 2.15. The summed E-state index contributed by atoms with van der Waals surface area (Å²) in [5.41, 5.74) is 0.903. The van der Waals surface area contributed by atoms with E-state index in [1.807, 2.05) is 27.7 Å². The summed E-state index contributed by atoms with van der Waals surface area (Å²) in [5.74, 6) is 0.185. The second-order valence-corrected chi connectivity index (χ2v) is 6.01. The molecule has 0 fully saturated rings. The van der Waals surface area contributed by atoms with Gasteiger partial charge in [0.15, 0.2) is 0 Å². The molecular formula is C16H22N4O2. The zero-order valence-corrected chi connectivity index (χ0v) is 13.4. The van der Waals surface area contributed by atoms with Gasteiger partial charge in [0.1, 0.15) is 5.65 Å². The van der Waals surface area contributed by atoms with E-state index in [1.54, 1.807) is 16.9 Å². The fourth-order valence-electron chi connectivity index (χ4n) is 2.07. The van der Waals surface area contributed by atoms with E-state index in [2.05, 4.69) is 15.4 Å². The first-order chi connectivity index (χ1) is 10.4. The van der Waals surface area contributed by atoms with Gasteiger partial charge in [-0.2, -0.15) is 5.10 Å². The lowest BCUT2D eigenvalue weighted by Crippen LogP contribution is -2.25. The second kappa shape index (κ2) is 6.60. The van der Waals surface area contributed by atoms with Crippen LogP contribution in [0.1, 0.15) is 39.3 Å². The molecule has 2 aromatic rings. The number of carbonyl (C=O) groups is 1. The minimum atomic E-state index is -0.234. The molecule has 0 saturated heterocycles. The number of carbonyl (C=O) groups excluding carboxylic acids is 1. The molecule has 2 aromatic heterocycles. The zero-order chi connectivity index (χ0) is 16.3. The van der Waals surface area contributed by atoms with E-state index in [0.717, 1.165) is 5.39 Å². The van der Waals surface area contributed by atoms with Gasteiger partial charge in [0.2, 0.25) is 5.91 Å². The summed E-state index contributed by atoms with van der Waals surface area (Å²) < 4.78 is 1.76. The first kappa shape index (κ1) is 16.0. The minimum Gasteiger partial charge on any atom is -0.352 e. The number of hydrogen-bond acceptors (Lipinski definition) is 3. The van der Waals surface area contributed by atoms with Crippen LogP contribution in [-0.2, 0) is 4.79 Å². The van der Waals surface area contributed by atoms with Crippen molar-refractivity contribution < 1.29 is 4.79 Å². The average Bonchev–Trinajstić information content (AvgIpc) is 2.85. The van der Waals surface area contributed by atoms with Crippen molar-refractivity contribution in [1.29, 1.82) is 0 Å². The number of nitrogens with one attached hydrogen (secondary N) is 2. The third-order valence-electron chi connectivity index (χ3n) is 3.22. The second-order valence-electron chi connectivity index (χ2n) is 6.01. The van der Waals surface area contributed by atoms with Crippen LogP contribution in [0, 0.1) is 5.92 Å². The number of aromatic nitrogens is 3. The van der Waals surface area contributed by atoms with Crippen molar-refractivity contribution in [3.05, 3.63) is 34.3 Å². The fraction of sp³-hybridized carbons (Fsp3) is 0.438. The lowest BCUT2D eigenvalue weighted by Gasteiger charge is -2.06. The van der Waals surface area contributed by atoms with Gasteiger partial charge in [0.25, 0.3) is 5.56 Å². The van der Waals surface area contributed by atoms with Crippen molar-refractivity contribution in [2.45, 2.75) is 33.7 Å². The van der Waals surface area contributed by atoms with Gasteiger partial charge in [0, 0.05) is 29.6 Å². The Labute approximate surface area is 129 Å². The first-order valence-electron chi connectivity index (χ1n) is 7.45. The summed E-state index contributed by atoms with van der Waals surface area (Å²) in [6.45, 7) is 8.65. The quantitative estimate of drug-likeness (QED) is 0.830. The SMILES string of the molecule is CC(C)CNC(=O)C=Cc1cc2cnn(C(C)C)c2[nH]c1=O. The van der Waals surface area contributed by atoms with Crippen molar-refractivity contribution in [3.63, 3.8) is 0 Å². The number of H-pyrrole nitrogens is 1. The van der Waals surface area contributed by atoms with E-state index in [9.17, 15) is 9.59 Å². The molecule has 1 amide bonds. The van der Waals surface area contributed by atoms with Gasteiger partial charge in [-0.3, -0.25) is 9.59 Å². The lowest BCUT2D eigenvalue weighted by atomic mass is 10.2. The molecule has 0 aliphatic rings. The van der Waals surface area contributed by atoms with Gasteiger partial charge in [0.05, 0.1) is 6.20 Å². The molecule has 0 aliphatic carbocycles. The largest absolute Gasteiger partial charge is 0.352 e. The van der Waals surface area contributed by atoms with Crippen molar-refractivity contribution in [2.24, 2.45) is 5.92 Å². The number of amides is 1. The van der Waals surface area contributed by atoms with Crippen LogP contribution in [0.4, 0.5) is 0 Å². The highest BCUT2D eigenvalue weighted by atomic mass is 16.1. The van der Waals surface area contributed by atoms with Crippen LogP contribution in [0.25, 0.3) is 17.1 Å². The molecule has 0 bridgehead atoms. The number of pyridine rings is 1. The predicted octanol–water partition coefficient (Wildman–Crippen LogP) is 2.09. The summed E-state index contributed by atoms with van der Waals surface area (Å²) in [6.07, 6.45) is 4.62. The molecule has 2 rings (SSSR count). The highest BCUT2D eigenvalue weighted by Gasteiger charge is 2.08. The Kier molecular flexibility index (Phi) is 4.80. The molecule has 2 N–H and O–H groups in total. The van der Waals surface area contributed by atoms with Crippen LogP contribution in [0.5, 0.6) is 0 Å². The van der Waals surface area contributed by atoms with Gasteiger partial charge >= 0.3 is 0 Å². The number of nitrogens with zero attached hydrogens (tertiary/aromatic N) is 2. The molecule has 6 heteroatoms. The van der Waals surface area contributed by atoms with Gasteiger partial charge in [-0.1, -0.05) is 13.8 Å². The van der Waals surface area contributed by atoms with Crippen molar-refractivity contribution in [2.75, 3.05) is 6.54 Å². The van der Waals surface area contributed by atoms with Crippen LogP contribution in [-0.4, -0.2) is 27.2 Å². The Morgan fingerprint density at radius 2 is 2.14 bits per heavy atom. The molecule has 0 aliphatic heterocycles. The van der Waals surface area contributed by atoms with E-state index in [1.165, 1.54) is 12.2 Å². The van der Waals surface area contributed by atoms with Gasteiger partial charge in [-0.15, -0.1) is 0 Å². The molecule has 22 heavy (non-hydrogen) atoms. The summed E-state index contributed by atoms with van der Waals surface area (Å²) in [5, 5.41) is 7.88. The molecule has 118 valence electrons. The third kappa shape index (κ3) is 3.63. The average molecular weight is 302 g/mol. The minimum absolute atomic E-state index is 0.163. The standard InChI is InChI=1S/C16H22N4O2/c1-10(2)8-17-14(21)6-5-12-7-13-9-18-20(11(3)4)15(13)19-16(12)22/h5-7,9-11H,8H2,1-4H3,(H,17,21)(H,19,22). The summed E-state index contributed by atoms with van der Waals surface area (Å²) in [4.78, 5) is 26.6. The van der Waals surface area contributed by atoms with E-state index >= 15 is 0 Å². The first-order valence-corrected chi connectivity index (χ1v) is 7.45. The molecule has 0 aromatic carbocycles. The predicted molar refractivity (Wildman–Crippen MR) is 87.6 cm³/mol. The molecule has 0 atom stereocenters. The van der Waals surface area contributed by atoms with E-state index in [-0.39, 0.29) is 17.5 Å². The molecule has 2 heterocycles. The Bertz CT molecular complexity index is 753. The van der Waals surface area contributed by atoms with Crippen LogP contribution in [0.3, 0.4) is 0 Å². The van der Waals surface area contributed by atoms with Crippen molar-refractivity contribution in [1.82, 2.24) is 20.1 Å². The van der Waals surface area contributed by atoms with Gasteiger partial charge in [-0.05, 0) is 31.9 Å². The molecule has 0 radical (unpaired) electrons. The van der Waals surface area contributed by atoms with Gasteiger partial charge < -0.3 is 10.3 Å². The summed E-state index contributed by atoms with van der Waals surface area (Å²) in [6, 6.07) is 1.91. The van der Waals surface area contributed by atoms with Gasteiger partial charge in [-0.25, -0.2) is 4.68 Å². The third-order valence-corrected chi connectivity index (χ3v) is 3.22. The monoisotopic (exact) mass is 302 g/mol. The van der Waals surface area contributed by atoms with E-state index in [4.69, 9.17) is 0 Å². The summed E-state index contributed by atoms with van der Waals surface area (Å²) >= 11 is 0. The normalized spacial score (nSPS) is 11.9. The molecular weight excluding hydrogens is 280 g/mol. The van der Waals surface area contributed by atoms with E-state index < -0.39 is 0 Å². The van der Waals surface area contributed by atoms with Crippen molar-refractivity contribution >= 4 is 23.0 Å². The lowest BCUT2D eigenvalue weighted by molar-refractivity contribution is -0.116. The molecule has 0 unspecified atom stereocenters. The van der Waals surface area contributed by atoms with Crippen LogP contribution in [0.2, 0.25) is 0 Å². The highest BCUT2D eigenvalue weighted by molar-refractivity contribution is 5.92. The molecule has 6 nitrogen and oxygen atoms in total. The topological polar surface area (TPSA) is 79.8 Å². The van der Waals surface area contributed by atoms with Crippen LogP contribution < -0.4 is 10.9 Å². The molecule has 0 spiro atoms. The van der Waals surface area contributed by atoms with Crippen molar-refractivity contribution in [3.8, 4) is 0 Å². The number of rotatable bonds is 5. The van der Waals surface area contributed by atoms with Crippen LogP contribution >= 0.6 is 0 Å². The maximum Gasteiger partial charge on any atom is 0.256 e. The number of fused-ring (bicyclic) bond motifs is 1. The Morgan fingerprint density at radius 3 is 2.77 bits per heavy atom. The Hall–Kier alpha value is -2.37. The smallest absolute Gasteiger partial charge is 0.256 e. The fourth-order valence-corrected chi connectivity index (χ4v) is 2.07. The molecule has 0 saturated carbocycles.